The number of hydrogen-bond acceptors (Lipinski definition) is 4. The van der Waals surface area contributed by atoms with E-state index in [1.54, 1.807) is 34.0 Å². The van der Waals surface area contributed by atoms with Crippen molar-refractivity contribution in [1.82, 2.24) is 9.78 Å². The minimum atomic E-state index is -0.604. The van der Waals surface area contributed by atoms with Crippen molar-refractivity contribution in [3.63, 3.8) is 0 Å². The van der Waals surface area contributed by atoms with E-state index in [9.17, 15) is 10.1 Å². The zero-order valence-electron chi connectivity index (χ0n) is 16.6. The molecule has 0 saturated heterocycles. The van der Waals surface area contributed by atoms with Crippen molar-refractivity contribution >= 4 is 27.8 Å². The molecule has 6 heteroatoms. The van der Waals surface area contributed by atoms with Crippen molar-refractivity contribution in [2.45, 2.75) is 41.2 Å². The summed E-state index contributed by atoms with van der Waals surface area (Å²) in [6, 6.07) is 7.64. The average Bonchev–Trinajstić information content (AvgIpc) is 2.85. The number of ether oxygens (including phenoxy) is 1. The van der Waals surface area contributed by atoms with Gasteiger partial charge in [0.1, 0.15) is 11.8 Å². The predicted octanol–water partition coefficient (Wildman–Crippen LogP) is 4.84. The minimum absolute atomic E-state index is 0.146. The maximum Gasteiger partial charge on any atom is 0.178 e. The lowest BCUT2D eigenvalue weighted by molar-refractivity contribution is -0.121. The number of allylic oxidation sites excluding steroid dienone is 1. The Kier molecular flexibility index (Phi) is 6.27. The van der Waals surface area contributed by atoms with E-state index in [1.807, 2.05) is 42.8 Å². The Morgan fingerprint density at radius 3 is 2.52 bits per heavy atom. The van der Waals surface area contributed by atoms with Gasteiger partial charge >= 0.3 is 0 Å². The van der Waals surface area contributed by atoms with E-state index in [0.29, 0.717) is 6.54 Å². The summed E-state index contributed by atoms with van der Waals surface area (Å²) in [5.41, 5.74) is 3.19. The highest BCUT2D eigenvalue weighted by Crippen LogP contribution is 2.27. The summed E-state index contributed by atoms with van der Waals surface area (Å²) < 4.78 is 8.36. The van der Waals surface area contributed by atoms with Crippen LogP contribution in [0, 0.1) is 30.6 Å². The van der Waals surface area contributed by atoms with Gasteiger partial charge in [-0.05, 0) is 53.5 Å². The molecule has 0 spiro atoms. The quantitative estimate of drug-likeness (QED) is 0.503. The van der Waals surface area contributed by atoms with Crippen LogP contribution in [0.3, 0.4) is 0 Å². The number of carbonyl (C=O) groups is 1. The van der Waals surface area contributed by atoms with Crippen LogP contribution in [0.1, 0.15) is 43.3 Å². The first kappa shape index (κ1) is 20.9. The van der Waals surface area contributed by atoms with Gasteiger partial charge < -0.3 is 4.74 Å². The number of nitrogens with zero attached hydrogens (tertiary/aromatic N) is 3. The van der Waals surface area contributed by atoms with Crippen LogP contribution in [-0.4, -0.2) is 22.7 Å². The summed E-state index contributed by atoms with van der Waals surface area (Å²) >= 11 is 3.54. The number of ketones is 1. The van der Waals surface area contributed by atoms with Gasteiger partial charge in [-0.2, -0.15) is 10.4 Å². The number of benzene rings is 1. The van der Waals surface area contributed by atoms with Crippen LogP contribution in [-0.2, 0) is 11.3 Å². The van der Waals surface area contributed by atoms with E-state index >= 15 is 0 Å². The topological polar surface area (TPSA) is 67.9 Å². The van der Waals surface area contributed by atoms with E-state index in [-0.39, 0.29) is 11.4 Å². The van der Waals surface area contributed by atoms with Crippen LogP contribution in [0.5, 0.6) is 5.75 Å². The van der Waals surface area contributed by atoms with E-state index < -0.39 is 5.41 Å². The van der Waals surface area contributed by atoms with Crippen molar-refractivity contribution in [3.05, 3.63) is 50.8 Å². The number of rotatable bonds is 5. The van der Waals surface area contributed by atoms with Crippen LogP contribution >= 0.6 is 15.9 Å². The molecule has 0 unspecified atom stereocenters. The Bertz CT molecular complexity index is 944. The third-order valence-electron chi connectivity index (χ3n) is 4.28. The van der Waals surface area contributed by atoms with E-state index in [1.165, 1.54) is 0 Å². The molecule has 27 heavy (non-hydrogen) atoms. The number of halogens is 1. The summed E-state index contributed by atoms with van der Waals surface area (Å²) in [6.07, 6.45) is 1.63. The lowest BCUT2D eigenvalue weighted by Crippen LogP contribution is -2.21. The highest BCUT2D eigenvalue weighted by Gasteiger charge is 2.25. The van der Waals surface area contributed by atoms with Gasteiger partial charge in [-0.15, -0.1) is 0 Å². The lowest BCUT2D eigenvalue weighted by Gasteiger charge is -2.16. The summed E-state index contributed by atoms with van der Waals surface area (Å²) in [5.74, 6) is 0.557. The normalized spacial score (nSPS) is 12.0. The van der Waals surface area contributed by atoms with Crippen LogP contribution in [0.15, 0.2) is 28.2 Å². The van der Waals surface area contributed by atoms with Gasteiger partial charge in [0.05, 0.1) is 35.1 Å². The molecule has 142 valence electrons. The van der Waals surface area contributed by atoms with E-state index in [0.717, 1.165) is 32.7 Å². The van der Waals surface area contributed by atoms with Crippen LogP contribution < -0.4 is 4.74 Å². The largest absolute Gasteiger partial charge is 0.496 e. The monoisotopic (exact) mass is 429 g/mol. The highest BCUT2D eigenvalue weighted by molar-refractivity contribution is 9.10. The maximum atomic E-state index is 12.4. The third-order valence-corrected chi connectivity index (χ3v) is 5.42. The molecular formula is C21H24BrN3O2. The van der Waals surface area contributed by atoms with Crippen LogP contribution in [0.4, 0.5) is 0 Å². The molecule has 0 saturated carbocycles. The number of carbonyl (C=O) groups excluding carboxylic acids is 1. The molecular weight excluding hydrogens is 406 g/mol. The fourth-order valence-corrected chi connectivity index (χ4v) is 3.01. The number of methoxy groups -OCH3 is 1. The van der Waals surface area contributed by atoms with Crippen molar-refractivity contribution < 1.29 is 9.53 Å². The lowest BCUT2D eigenvalue weighted by atomic mass is 9.86. The second-order valence-electron chi connectivity index (χ2n) is 7.46. The molecule has 1 aromatic heterocycles. The zero-order valence-corrected chi connectivity index (χ0v) is 18.1. The van der Waals surface area contributed by atoms with Crippen LogP contribution in [0.25, 0.3) is 6.08 Å². The van der Waals surface area contributed by atoms with Gasteiger partial charge in [-0.25, -0.2) is 0 Å². The SMILES string of the molecule is COc1ccc(/C=C(\C#N)C(=O)C(C)(C)C)cc1Cn1nc(C)c(Br)c1C. The zero-order chi connectivity index (χ0) is 20.4. The van der Waals surface area contributed by atoms with Gasteiger partial charge in [-0.1, -0.05) is 26.8 Å². The summed E-state index contributed by atoms with van der Waals surface area (Å²) in [7, 11) is 1.62. The van der Waals surface area contributed by atoms with Gasteiger partial charge in [0.25, 0.3) is 0 Å². The van der Waals surface area contributed by atoms with Gasteiger partial charge in [-0.3, -0.25) is 9.48 Å². The molecule has 0 N–H and O–H groups in total. The predicted molar refractivity (Wildman–Crippen MR) is 110 cm³/mol. The van der Waals surface area contributed by atoms with Gasteiger partial charge in [0.2, 0.25) is 0 Å². The first-order valence-electron chi connectivity index (χ1n) is 8.61. The minimum Gasteiger partial charge on any atom is -0.496 e. The van der Waals surface area contributed by atoms with E-state index in [4.69, 9.17) is 4.74 Å². The van der Waals surface area contributed by atoms with Crippen molar-refractivity contribution in [3.8, 4) is 11.8 Å². The fourth-order valence-electron chi connectivity index (χ4n) is 2.72. The van der Waals surface area contributed by atoms with E-state index in [2.05, 4.69) is 21.0 Å². The first-order chi connectivity index (χ1) is 12.6. The molecule has 0 amide bonds. The first-order valence-corrected chi connectivity index (χ1v) is 9.40. The summed E-state index contributed by atoms with van der Waals surface area (Å²) in [5, 5.41) is 14.0. The number of aromatic nitrogens is 2. The fraction of sp³-hybridized carbons (Fsp3) is 0.381. The molecule has 0 aliphatic heterocycles. The third kappa shape index (κ3) is 4.67. The second-order valence-corrected chi connectivity index (χ2v) is 8.26. The molecule has 0 bridgehead atoms. The van der Waals surface area contributed by atoms with Gasteiger partial charge in [0.15, 0.2) is 5.78 Å². The number of nitriles is 1. The molecule has 5 nitrogen and oxygen atoms in total. The second kappa shape index (κ2) is 8.10. The summed E-state index contributed by atoms with van der Waals surface area (Å²) in [6.45, 7) is 9.89. The number of Topliss-reactive ketones (excluding diaryl/α,β-unsaturated/α-hetero) is 1. The standard InChI is InChI=1S/C21H24BrN3O2/c1-13-19(22)14(2)25(24-13)12-17-10-15(7-8-18(17)27-6)9-16(11-23)20(26)21(3,4)5/h7-10H,12H2,1-6H3/b16-9+. The molecule has 2 rings (SSSR count). The van der Waals surface area contributed by atoms with Crippen molar-refractivity contribution in [2.24, 2.45) is 5.41 Å². The Morgan fingerprint density at radius 2 is 2.04 bits per heavy atom. The smallest absolute Gasteiger partial charge is 0.178 e. The molecule has 1 heterocycles. The Morgan fingerprint density at radius 1 is 1.37 bits per heavy atom. The van der Waals surface area contributed by atoms with Crippen LogP contribution in [0.2, 0.25) is 0 Å². The number of hydrogen-bond donors (Lipinski definition) is 0. The number of aryl methyl sites for hydroxylation is 1. The molecule has 0 aliphatic rings. The highest BCUT2D eigenvalue weighted by atomic mass is 79.9. The molecule has 0 radical (unpaired) electrons. The molecule has 0 aliphatic carbocycles. The molecule has 2 aromatic rings. The Hall–Kier alpha value is -2.39. The van der Waals surface area contributed by atoms with Gasteiger partial charge in [0, 0.05) is 11.0 Å². The molecule has 1 aromatic carbocycles. The maximum absolute atomic E-state index is 12.4. The van der Waals surface area contributed by atoms with Crippen molar-refractivity contribution in [2.75, 3.05) is 7.11 Å². The molecule has 0 atom stereocenters. The summed E-state index contributed by atoms with van der Waals surface area (Å²) in [4.78, 5) is 12.4. The Balaban J connectivity index is 2.46. The molecule has 0 fully saturated rings. The average molecular weight is 430 g/mol. The van der Waals surface area contributed by atoms with Crippen molar-refractivity contribution in [1.29, 1.82) is 5.26 Å². The Labute approximate surface area is 168 Å².